The first-order valence-electron chi connectivity index (χ1n) is 7.51. The molecule has 0 saturated heterocycles. The maximum absolute atomic E-state index is 12.0. The van der Waals surface area contributed by atoms with Gasteiger partial charge in [0.1, 0.15) is 0 Å². The van der Waals surface area contributed by atoms with Gasteiger partial charge in [-0.05, 0) is 31.2 Å². The van der Waals surface area contributed by atoms with E-state index in [1.165, 1.54) is 38.4 Å². The summed E-state index contributed by atoms with van der Waals surface area (Å²) in [7, 11) is -0.708. The number of esters is 1. The number of rotatable bonds is 6. The van der Waals surface area contributed by atoms with E-state index in [9.17, 15) is 18.0 Å². The van der Waals surface area contributed by atoms with Gasteiger partial charge >= 0.3 is 5.97 Å². The Labute approximate surface area is 147 Å². The molecule has 0 radical (unpaired) electrons. The van der Waals surface area contributed by atoms with Crippen molar-refractivity contribution in [2.75, 3.05) is 20.7 Å². The van der Waals surface area contributed by atoms with E-state index >= 15 is 0 Å². The zero-order valence-electron chi connectivity index (χ0n) is 14.2. The standard InChI is InChI=1S/C18H19NO5S/c1-13-4-6-14(7-5-13)17(20)12-24-18(21)15-8-10-16(11-9-15)25(22,23)19(2)3/h4-11H,12H2,1-3H3. The van der Waals surface area contributed by atoms with Gasteiger partial charge in [-0.3, -0.25) is 4.79 Å². The lowest BCUT2D eigenvalue weighted by atomic mass is 10.1. The molecule has 0 unspecified atom stereocenters. The maximum atomic E-state index is 12.0. The molecule has 0 aliphatic heterocycles. The normalized spacial score (nSPS) is 11.4. The predicted molar refractivity (Wildman–Crippen MR) is 93.1 cm³/mol. The van der Waals surface area contributed by atoms with Crippen LogP contribution < -0.4 is 0 Å². The number of aryl methyl sites for hydroxylation is 1. The van der Waals surface area contributed by atoms with Crippen molar-refractivity contribution in [2.45, 2.75) is 11.8 Å². The van der Waals surface area contributed by atoms with Crippen LogP contribution in [0.15, 0.2) is 53.4 Å². The first-order valence-corrected chi connectivity index (χ1v) is 8.95. The fourth-order valence-electron chi connectivity index (χ4n) is 2.01. The van der Waals surface area contributed by atoms with Crippen LogP contribution in [-0.4, -0.2) is 45.2 Å². The lowest BCUT2D eigenvalue weighted by molar-refractivity contribution is 0.0474. The molecule has 0 N–H and O–H groups in total. The van der Waals surface area contributed by atoms with Crippen LogP contribution in [0.25, 0.3) is 0 Å². The summed E-state index contributed by atoms with van der Waals surface area (Å²) < 4.78 is 30.0. The van der Waals surface area contributed by atoms with Crippen molar-refractivity contribution in [3.05, 3.63) is 65.2 Å². The molecule has 6 nitrogen and oxygen atoms in total. The van der Waals surface area contributed by atoms with Crippen molar-refractivity contribution in [2.24, 2.45) is 0 Å². The Morgan fingerprint density at radius 1 is 0.920 bits per heavy atom. The fraction of sp³-hybridized carbons (Fsp3) is 0.222. The molecule has 7 heteroatoms. The van der Waals surface area contributed by atoms with Crippen molar-refractivity contribution >= 4 is 21.8 Å². The number of nitrogens with zero attached hydrogens (tertiary/aromatic N) is 1. The number of ketones is 1. The number of hydrogen-bond donors (Lipinski definition) is 0. The summed E-state index contributed by atoms with van der Waals surface area (Å²) >= 11 is 0. The van der Waals surface area contributed by atoms with Crippen molar-refractivity contribution in [3.63, 3.8) is 0 Å². The molecule has 2 rings (SSSR count). The van der Waals surface area contributed by atoms with E-state index in [1.54, 1.807) is 24.3 Å². The van der Waals surface area contributed by atoms with E-state index in [2.05, 4.69) is 0 Å². The first kappa shape index (κ1) is 18.8. The Balaban J connectivity index is 2.01. The van der Waals surface area contributed by atoms with Gasteiger partial charge in [-0.1, -0.05) is 29.8 Å². The number of carbonyl (C=O) groups excluding carboxylic acids is 2. The van der Waals surface area contributed by atoms with E-state index in [-0.39, 0.29) is 22.8 Å². The third kappa shape index (κ3) is 4.52. The van der Waals surface area contributed by atoms with Gasteiger partial charge in [0.25, 0.3) is 0 Å². The molecule has 0 amide bonds. The van der Waals surface area contributed by atoms with E-state index in [4.69, 9.17) is 4.74 Å². The Morgan fingerprint density at radius 2 is 1.44 bits per heavy atom. The molecule has 0 saturated carbocycles. The van der Waals surface area contributed by atoms with Gasteiger partial charge in [0.2, 0.25) is 10.0 Å². The molecule has 25 heavy (non-hydrogen) atoms. The van der Waals surface area contributed by atoms with Gasteiger partial charge in [0.15, 0.2) is 12.4 Å². The molecule has 0 bridgehead atoms. The van der Waals surface area contributed by atoms with Crippen molar-refractivity contribution < 1.29 is 22.7 Å². The van der Waals surface area contributed by atoms with Crippen molar-refractivity contribution in [1.29, 1.82) is 0 Å². The van der Waals surface area contributed by atoms with Crippen LogP contribution >= 0.6 is 0 Å². The van der Waals surface area contributed by atoms with Gasteiger partial charge in [-0.2, -0.15) is 0 Å². The predicted octanol–water partition coefficient (Wildman–Crippen LogP) is 2.29. The first-order chi connectivity index (χ1) is 11.7. The average Bonchev–Trinajstić information content (AvgIpc) is 2.60. The summed E-state index contributed by atoms with van der Waals surface area (Å²) in [6.45, 7) is 1.54. The van der Waals surface area contributed by atoms with Gasteiger partial charge in [-0.15, -0.1) is 0 Å². The van der Waals surface area contributed by atoms with Crippen LogP contribution in [0.5, 0.6) is 0 Å². The Kier molecular flexibility index (Phi) is 5.71. The number of sulfonamides is 1. The third-order valence-corrected chi connectivity index (χ3v) is 5.41. The lowest BCUT2D eigenvalue weighted by Crippen LogP contribution is -2.22. The average molecular weight is 361 g/mol. The summed E-state index contributed by atoms with van der Waals surface area (Å²) in [4.78, 5) is 24.1. The van der Waals surface area contributed by atoms with Crippen LogP contribution in [0.1, 0.15) is 26.3 Å². The van der Waals surface area contributed by atoms with E-state index in [0.717, 1.165) is 9.87 Å². The van der Waals surface area contributed by atoms with Gasteiger partial charge < -0.3 is 4.74 Å². The largest absolute Gasteiger partial charge is 0.454 e. The number of hydrogen-bond acceptors (Lipinski definition) is 5. The minimum absolute atomic E-state index is 0.0739. The zero-order chi connectivity index (χ0) is 18.6. The molecule has 0 aliphatic rings. The molecule has 0 heterocycles. The SMILES string of the molecule is Cc1ccc(C(=O)COC(=O)c2ccc(S(=O)(=O)N(C)C)cc2)cc1. The van der Waals surface area contributed by atoms with Crippen LogP contribution in [0.3, 0.4) is 0 Å². The highest BCUT2D eigenvalue weighted by atomic mass is 32.2. The molecule has 2 aromatic carbocycles. The van der Waals surface area contributed by atoms with E-state index in [0.29, 0.717) is 5.56 Å². The molecule has 0 spiro atoms. The second kappa shape index (κ2) is 7.58. The quantitative estimate of drug-likeness (QED) is 0.582. The zero-order valence-corrected chi connectivity index (χ0v) is 15.0. The lowest BCUT2D eigenvalue weighted by Gasteiger charge is -2.11. The van der Waals surface area contributed by atoms with Crippen LogP contribution in [0.4, 0.5) is 0 Å². The third-order valence-electron chi connectivity index (χ3n) is 3.58. The summed E-state index contributed by atoms with van der Waals surface area (Å²) in [5, 5.41) is 0. The summed E-state index contributed by atoms with van der Waals surface area (Å²) in [6.07, 6.45) is 0. The molecule has 0 aromatic heterocycles. The van der Waals surface area contributed by atoms with Crippen molar-refractivity contribution in [1.82, 2.24) is 4.31 Å². The number of carbonyl (C=O) groups is 2. The molecule has 0 fully saturated rings. The van der Waals surface area contributed by atoms with Gasteiger partial charge in [0, 0.05) is 19.7 Å². The number of benzene rings is 2. The highest BCUT2D eigenvalue weighted by molar-refractivity contribution is 7.89. The molecule has 0 atom stereocenters. The molecule has 0 aliphatic carbocycles. The summed E-state index contributed by atoms with van der Waals surface area (Å²) in [5.41, 5.74) is 1.67. The minimum Gasteiger partial charge on any atom is -0.454 e. The Bertz CT molecular complexity index is 869. The Morgan fingerprint density at radius 3 is 1.96 bits per heavy atom. The summed E-state index contributed by atoms with van der Waals surface area (Å²) in [6, 6.07) is 12.3. The van der Waals surface area contributed by atoms with Gasteiger partial charge in [0.05, 0.1) is 10.5 Å². The monoisotopic (exact) mass is 361 g/mol. The van der Waals surface area contributed by atoms with Gasteiger partial charge in [-0.25, -0.2) is 17.5 Å². The smallest absolute Gasteiger partial charge is 0.338 e. The second-order valence-electron chi connectivity index (χ2n) is 5.68. The highest BCUT2D eigenvalue weighted by Gasteiger charge is 2.18. The van der Waals surface area contributed by atoms with E-state index in [1.807, 2.05) is 6.92 Å². The molecular formula is C18H19NO5S. The highest BCUT2D eigenvalue weighted by Crippen LogP contribution is 2.14. The molecule has 2 aromatic rings. The topological polar surface area (TPSA) is 80.8 Å². The molecular weight excluding hydrogens is 342 g/mol. The van der Waals surface area contributed by atoms with Crippen molar-refractivity contribution in [3.8, 4) is 0 Å². The van der Waals surface area contributed by atoms with Crippen LogP contribution in [-0.2, 0) is 14.8 Å². The minimum atomic E-state index is -3.56. The Hall–Kier alpha value is -2.51. The molecule has 132 valence electrons. The maximum Gasteiger partial charge on any atom is 0.338 e. The van der Waals surface area contributed by atoms with Crippen LogP contribution in [0, 0.1) is 6.92 Å². The van der Waals surface area contributed by atoms with Crippen LogP contribution in [0.2, 0.25) is 0 Å². The fourth-order valence-corrected chi connectivity index (χ4v) is 2.91. The number of Topliss-reactive ketones (excluding diaryl/α,β-unsaturated/α-hetero) is 1. The number of ether oxygens (including phenoxy) is 1. The second-order valence-corrected chi connectivity index (χ2v) is 7.83. The summed E-state index contributed by atoms with van der Waals surface area (Å²) in [5.74, 6) is -0.991. The van der Waals surface area contributed by atoms with E-state index < -0.39 is 16.0 Å².